The maximum absolute atomic E-state index is 5.78. The average molecular weight is 287 g/mol. The molecule has 0 aromatic carbocycles. The summed E-state index contributed by atoms with van der Waals surface area (Å²) >= 11 is 5.09. The Kier molecular flexibility index (Phi) is 2.84. The summed E-state index contributed by atoms with van der Waals surface area (Å²) in [4.78, 5) is 1.04. The molecule has 0 unspecified atom stereocenters. The zero-order valence-electron chi connectivity index (χ0n) is 8.45. The number of hydrogen-bond donors (Lipinski definition) is 1. The summed E-state index contributed by atoms with van der Waals surface area (Å²) in [6.07, 6.45) is 0. The number of halogens is 1. The normalized spacial score (nSPS) is 11.2. The SMILES string of the molecule is CC(C)c1c(N)noc1-c1sccc1Br. The number of nitrogens with two attached hydrogens (primary N) is 1. The maximum atomic E-state index is 5.78. The highest BCUT2D eigenvalue weighted by Gasteiger charge is 2.20. The Bertz CT molecular complexity index is 475. The summed E-state index contributed by atoms with van der Waals surface area (Å²) in [6.45, 7) is 4.15. The number of nitrogen functional groups attached to an aromatic ring is 1. The van der Waals surface area contributed by atoms with Crippen LogP contribution in [0.1, 0.15) is 25.3 Å². The first-order valence-corrected chi connectivity index (χ1v) is 6.27. The number of anilines is 1. The second-order valence-corrected chi connectivity index (χ2v) is 5.33. The molecule has 2 N–H and O–H groups in total. The van der Waals surface area contributed by atoms with Gasteiger partial charge in [-0.3, -0.25) is 0 Å². The number of nitrogens with zero attached hydrogens (tertiary/aromatic N) is 1. The van der Waals surface area contributed by atoms with Crippen molar-refractivity contribution in [2.75, 3.05) is 5.73 Å². The van der Waals surface area contributed by atoms with Crippen LogP contribution in [0.4, 0.5) is 5.82 Å². The van der Waals surface area contributed by atoms with Crippen LogP contribution >= 0.6 is 27.3 Å². The molecular weight excluding hydrogens is 276 g/mol. The van der Waals surface area contributed by atoms with Crippen molar-refractivity contribution in [3.8, 4) is 10.6 Å². The third kappa shape index (κ3) is 1.81. The highest BCUT2D eigenvalue weighted by molar-refractivity contribution is 9.10. The lowest BCUT2D eigenvalue weighted by Gasteiger charge is -2.03. The van der Waals surface area contributed by atoms with E-state index in [0.717, 1.165) is 20.7 Å². The van der Waals surface area contributed by atoms with Crippen LogP contribution in [0.3, 0.4) is 0 Å². The monoisotopic (exact) mass is 286 g/mol. The quantitative estimate of drug-likeness (QED) is 0.912. The standard InChI is InChI=1S/C10H11BrN2OS/c1-5(2)7-8(14-13-10(7)12)9-6(11)3-4-15-9/h3-5H,1-2H3,(H2,12,13). The van der Waals surface area contributed by atoms with Crippen molar-refractivity contribution in [1.29, 1.82) is 0 Å². The molecule has 80 valence electrons. The Labute approximate surface area is 100 Å². The Morgan fingerprint density at radius 1 is 1.53 bits per heavy atom. The van der Waals surface area contributed by atoms with Gasteiger partial charge in [0.25, 0.3) is 0 Å². The fourth-order valence-corrected chi connectivity index (χ4v) is 3.03. The molecule has 0 bridgehead atoms. The van der Waals surface area contributed by atoms with E-state index in [9.17, 15) is 0 Å². The molecule has 5 heteroatoms. The van der Waals surface area contributed by atoms with Gasteiger partial charge in [-0.15, -0.1) is 11.3 Å². The van der Waals surface area contributed by atoms with Crippen molar-refractivity contribution in [2.45, 2.75) is 19.8 Å². The predicted octanol–water partition coefficient (Wildman–Crippen LogP) is 3.87. The summed E-state index contributed by atoms with van der Waals surface area (Å²) in [6, 6.07) is 1.99. The molecule has 3 nitrogen and oxygen atoms in total. The molecule has 15 heavy (non-hydrogen) atoms. The molecule has 2 rings (SSSR count). The molecule has 0 saturated heterocycles. The van der Waals surface area contributed by atoms with Crippen LogP contribution in [-0.4, -0.2) is 5.16 Å². The van der Waals surface area contributed by atoms with Crippen molar-refractivity contribution in [2.24, 2.45) is 0 Å². The first kappa shape index (κ1) is 10.7. The molecule has 0 aliphatic rings. The average Bonchev–Trinajstić information content (AvgIpc) is 2.71. The minimum absolute atomic E-state index is 0.306. The minimum Gasteiger partial charge on any atom is -0.381 e. The van der Waals surface area contributed by atoms with E-state index >= 15 is 0 Å². The van der Waals surface area contributed by atoms with E-state index in [-0.39, 0.29) is 0 Å². The van der Waals surface area contributed by atoms with Gasteiger partial charge in [0.15, 0.2) is 11.6 Å². The van der Waals surface area contributed by atoms with Gasteiger partial charge in [-0.05, 0) is 33.3 Å². The topological polar surface area (TPSA) is 52.0 Å². The summed E-state index contributed by atoms with van der Waals surface area (Å²) in [5.41, 5.74) is 6.77. The smallest absolute Gasteiger partial charge is 0.183 e. The van der Waals surface area contributed by atoms with Crippen LogP contribution in [0.15, 0.2) is 20.4 Å². The molecule has 0 aliphatic heterocycles. The fourth-order valence-electron chi connectivity index (χ4n) is 1.49. The lowest BCUT2D eigenvalue weighted by molar-refractivity contribution is 0.435. The summed E-state index contributed by atoms with van der Waals surface area (Å²) in [5, 5.41) is 5.83. The fraction of sp³-hybridized carbons (Fsp3) is 0.300. The predicted molar refractivity (Wildman–Crippen MR) is 66.0 cm³/mol. The first-order valence-electron chi connectivity index (χ1n) is 4.59. The molecule has 0 atom stereocenters. The lowest BCUT2D eigenvalue weighted by atomic mass is 10.0. The molecule has 2 aromatic rings. The molecule has 0 saturated carbocycles. The highest BCUT2D eigenvalue weighted by Crippen LogP contribution is 2.40. The Morgan fingerprint density at radius 2 is 2.27 bits per heavy atom. The minimum atomic E-state index is 0.306. The second kappa shape index (κ2) is 3.98. The van der Waals surface area contributed by atoms with Gasteiger partial charge in [0.1, 0.15) is 0 Å². The molecule has 0 radical (unpaired) electrons. The van der Waals surface area contributed by atoms with Crippen molar-refractivity contribution in [3.63, 3.8) is 0 Å². The number of thiophene rings is 1. The van der Waals surface area contributed by atoms with Crippen molar-refractivity contribution in [1.82, 2.24) is 5.16 Å². The van der Waals surface area contributed by atoms with Gasteiger partial charge in [0.2, 0.25) is 0 Å². The van der Waals surface area contributed by atoms with E-state index in [1.807, 2.05) is 11.4 Å². The van der Waals surface area contributed by atoms with Crippen LogP contribution in [0.2, 0.25) is 0 Å². The van der Waals surface area contributed by atoms with E-state index in [1.54, 1.807) is 11.3 Å². The number of rotatable bonds is 2. The second-order valence-electron chi connectivity index (χ2n) is 3.56. The van der Waals surface area contributed by atoms with E-state index in [2.05, 4.69) is 34.9 Å². The largest absolute Gasteiger partial charge is 0.381 e. The number of aromatic nitrogens is 1. The van der Waals surface area contributed by atoms with Gasteiger partial charge >= 0.3 is 0 Å². The Balaban J connectivity index is 2.59. The van der Waals surface area contributed by atoms with Gasteiger partial charge in [0, 0.05) is 10.0 Å². The van der Waals surface area contributed by atoms with Crippen LogP contribution < -0.4 is 5.73 Å². The highest BCUT2D eigenvalue weighted by atomic mass is 79.9. The van der Waals surface area contributed by atoms with Gasteiger partial charge in [-0.25, -0.2) is 0 Å². The van der Waals surface area contributed by atoms with Crippen molar-refractivity contribution in [3.05, 3.63) is 21.5 Å². The maximum Gasteiger partial charge on any atom is 0.183 e. The van der Waals surface area contributed by atoms with E-state index < -0.39 is 0 Å². The zero-order chi connectivity index (χ0) is 11.0. The third-order valence-electron chi connectivity index (χ3n) is 2.16. The molecule has 2 heterocycles. The molecule has 2 aromatic heterocycles. The summed E-state index contributed by atoms with van der Waals surface area (Å²) < 4.78 is 6.31. The van der Waals surface area contributed by atoms with Crippen LogP contribution in [0, 0.1) is 0 Å². The first-order chi connectivity index (χ1) is 7.11. The molecular formula is C10H11BrN2OS. The Hall–Kier alpha value is -0.810. The van der Waals surface area contributed by atoms with Gasteiger partial charge in [-0.2, -0.15) is 0 Å². The zero-order valence-corrected chi connectivity index (χ0v) is 10.9. The van der Waals surface area contributed by atoms with Gasteiger partial charge in [0.05, 0.1) is 4.88 Å². The molecule has 0 fully saturated rings. The summed E-state index contributed by atoms with van der Waals surface area (Å²) in [5.74, 6) is 1.57. The van der Waals surface area contributed by atoms with E-state index in [1.165, 1.54) is 0 Å². The lowest BCUT2D eigenvalue weighted by Crippen LogP contribution is -1.94. The Morgan fingerprint density at radius 3 is 2.80 bits per heavy atom. The van der Waals surface area contributed by atoms with Crippen molar-refractivity contribution < 1.29 is 4.52 Å². The molecule has 0 amide bonds. The van der Waals surface area contributed by atoms with Crippen LogP contribution in [-0.2, 0) is 0 Å². The van der Waals surface area contributed by atoms with Gasteiger partial charge in [-0.1, -0.05) is 19.0 Å². The molecule has 0 aliphatic carbocycles. The molecule has 0 spiro atoms. The van der Waals surface area contributed by atoms with Crippen LogP contribution in [0.5, 0.6) is 0 Å². The van der Waals surface area contributed by atoms with Crippen molar-refractivity contribution >= 4 is 33.1 Å². The van der Waals surface area contributed by atoms with E-state index in [0.29, 0.717) is 11.7 Å². The number of hydrogen-bond acceptors (Lipinski definition) is 4. The third-order valence-corrected chi connectivity index (χ3v) is 3.99. The van der Waals surface area contributed by atoms with Gasteiger partial charge < -0.3 is 10.3 Å². The van der Waals surface area contributed by atoms with E-state index in [4.69, 9.17) is 10.3 Å². The summed E-state index contributed by atoms with van der Waals surface area (Å²) in [7, 11) is 0. The van der Waals surface area contributed by atoms with Crippen LogP contribution in [0.25, 0.3) is 10.6 Å².